The Balaban J connectivity index is 1.54. The van der Waals surface area contributed by atoms with Gasteiger partial charge in [-0.2, -0.15) is 5.10 Å². The number of hydrogen-bond acceptors (Lipinski definition) is 4. The second-order valence-corrected chi connectivity index (χ2v) is 6.12. The van der Waals surface area contributed by atoms with Gasteiger partial charge in [0.1, 0.15) is 5.82 Å². The fourth-order valence-electron chi connectivity index (χ4n) is 2.80. The molecule has 0 aliphatic carbocycles. The van der Waals surface area contributed by atoms with Crippen molar-refractivity contribution in [3.8, 4) is 0 Å². The van der Waals surface area contributed by atoms with E-state index in [1.165, 1.54) is 18.5 Å². The predicted octanol–water partition coefficient (Wildman–Crippen LogP) is 2.54. The van der Waals surface area contributed by atoms with Crippen LogP contribution in [0.15, 0.2) is 23.7 Å². The minimum Gasteiger partial charge on any atom is -0.382 e. The van der Waals surface area contributed by atoms with Gasteiger partial charge < -0.3 is 5.73 Å². The summed E-state index contributed by atoms with van der Waals surface area (Å²) < 4.78 is 1.93. The minimum absolute atomic E-state index is 0.553. The van der Waals surface area contributed by atoms with Gasteiger partial charge in [0.15, 0.2) is 0 Å². The van der Waals surface area contributed by atoms with Crippen LogP contribution >= 0.6 is 11.3 Å². The zero-order valence-electron chi connectivity index (χ0n) is 11.2. The van der Waals surface area contributed by atoms with Crippen LogP contribution in [0.4, 0.5) is 5.82 Å². The monoisotopic (exact) mass is 276 g/mol. The standard InChI is InChI=1S/C14H20N4S/c1-11-12-5-10-19-13(12)3-8-17(11)6-2-7-18-9-4-14(15)16-18/h4-5,9-11H,2-3,6-8H2,1H3,(H2,15,16). The van der Waals surface area contributed by atoms with Gasteiger partial charge in [-0.1, -0.05) is 0 Å². The fraction of sp³-hybridized carbons (Fsp3) is 0.500. The molecule has 1 aliphatic heterocycles. The van der Waals surface area contributed by atoms with Crippen molar-refractivity contribution in [2.24, 2.45) is 0 Å². The molecule has 5 heteroatoms. The molecule has 3 heterocycles. The second-order valence-electron chi connectivity index (χ2n) is 5.12. The molecule has 0 fully saturated rings. The normalized spacial score (nSPS) is 19.5. The molecule has 0 bridgehead atoms. The molecule has 1 aliphatic rings. The molecule has 1 unspecified atom stereocenters. The topological polar surface area (TPSA) is 47.1 Å². The molecule has 4 nitrogen and oxygen atoms in total. The summed E-state index contributed by atoms with van der Waals surface area (Å²) >= 11 is 1.90. The zero-order valence-corrected chi connectivity index (χ0v) is 12.1. The van der Waals surface area contributed by atoms with Crippen molar-refractivity contribution < 1.29 is 0 Å². The maximum atomic E-state index is 5.62. The summed E-state index contributed by atoms with van der Waals surface area (Å²) in [6.07, 6.45) is 4.27. The number of rotatable bonds is 4. The number of aryl methyl sites for hydroxylation is 1. The molecule has 1 atom stereocenters. The van der Waals surface area contributed by atoms with Gasteiger partial charge in [0.2, 0.25) is 0 Å². The van der Waals surface area contributed by atoms with Crippen LogP contribution in [0, 0.1) is 0 Å². The Kier molecular flexibility index (Phi) is 3.57. The smallest absolute Gasteiger partial charge is 0.145 e. The molecule has 0 radical (unpaired) electrons. The largest absolute Gasteiger partial charge is 0.382 e. The second kappa shape index (κ2) is 5.35. The maximum Gasteiger partial charge on any atom is 0.145 e. The molecule has 2 N–H and O–H groups in total. The van der Waals surface area contributed by atoms with Gasteiger partial charge in [-0.15, -0.1) is 11.3 Å². The van der Waals surface area contributed by atoms with Crippen molar-refractivity contribution >= 4 is 17.2 Å². The summed E-state index contributed by atoms with van der Waals surface area (Å²) in [4.78, 5) is 4.14. The first-order valence-corrected chi connectivity index (χ1v) is 7.71. The summed E-state index contributed by atoms with van der Waals surface area (Å²) in [6, 6.07) is 4.68. The highest BCUT2D eigenvalue weighted by molar-refractivity contribution is 7.10. The van der Waals surface area contributed by atoms with E-state index in [2.05, 4.69) is 28.4 Å². The van der Waals surface area contributed by atoms with Crippen LogP contribution in [-0.4, -0.2) is 27.8 Å². The summed E-state index contributed by atoms with van der Waals surface area (Å²) in [6.45, 7) is 5.56. The van der Waals surface area contributed by atoms with Gasteiger partial charge in [-0.25, -0.2) is 0 Å². The Morgan fingerprint density at radius 2 is 2.32 bits per heavy atom. The molecule has 19 heavy (non-hydrogen) atoms. The number of fused-ring (bicyclic) bond motifs is 1. The minimum atomic E-state index is 0.553. The molecule has 0 spiro atoms. The van der Waals surface area contributed by atoms with E-state index in [0.717, 1.165) is 19.5 Å². The van der Waals surface area contributed by atoms with Crippen LogP contribution < -0.4 is 5.73 Å². The van der Waals surface area contributed by atoms with Crippen molar-refractivity contribution in [3.05, 3.63) is 34.2 Å². The number of nitrogens with zero attached hydrogens (tertiary/aromatic N) is 3. The van der Waals surface area contributed by atoms with E-state index >= 15 is 0 Å². The van der Waals surface area contributed by atoms with Crippen molar-refractivity contribution in [1.29, 1.82) is 0 Å². The Labute approximate surface area is 117 Å². The molecule has 0 amide bonds. The van der Waals surface area contributed by atoms with Gasteiger partial charge in [0, 0.05) is 36.8 Å². The molecular formula is C14H20N4S. The molecule has 2 aromatic rings. The number of nitrogen functional groups attached to an aromatic ring is 1. The average molecular weight is 276 g/mol. The summed E-state index contributed by atoms with van der Waals surface area (Å²) in [5.74, 6) is 0.606. The van der Waals surface area contributed by atoms with Crippen LogP contribution in [0.5, 0.6) is 0 Å². The molecule has 0 saturated carbocycles. The number of nitrogens with two attached hydrogens (primary N) is 1. The highest BCUT2D eigenvalue weighted by atomic mass is 32.1. The number of hydrogen-bond donors (Lipinski definition) is 1. The van der Waals surface area contributed by atoms with Crippen molar-refractivity contribution in [2.75, 3.05) is 18.8 Å². The van der Waals surface area contributed by atoms with Crippen LogP contribution in [0.1, 0.15) is 29.8 Å². The number of aromatic nitrogens is 2. The zero-order chi connectivity index (χ0) is 13.2. The van der Waals surface area contributed by atoms with Crippen LogP contribution in [0.25, 0.3) is 0 Å². The third kappa shape index (κ3) is 2.67. The summed E-state index contributed by atoms with van der Waals surface area (Å²) in [5.41, 5.74) is 7.14. The first kappa shape index (κ1) is 12.7. The van der Waals surface area contributed by atoms with Gasteiger partial charge in [0.05, 0.1) is 0 Å². The predicted molar refractivity (Wildman–Crippen MR) is 79.3 cm³/mol. The van der Waals surface area contributed by atoms with E-state index in [1.54, 1.807) is 4.88 Å². The lowest BCUT2D eigenvalue weighted by molar-refractivity contribution is 0.194. The quantitative estimate of drug-likeness (QED) is 0.933. The molecule has 2 aromatic heterocycles. The van der Waals surface area contributed by atoms with E-state index in [1.807, 2.05) is 28.3 Å². The first-order valence-electron chi connectivity index (χ1n) is 6.83. The third-order valence-corrected chi connectivity index (χ3v) is 4.89. The molecule has 0 aromatic carbocycles. The fourth-order valence-corrected chi connectivity index (χ4v) is 3.77. The molecule has 3 rings (SSSR count). The Hall–Kier alpha value is -1.33. The third-order valence-electron chi connectivity index (χ3n) is 3.90. The Morgan fingerprint density at radius 3 is 3.11 bits per heavy atom. The van der Waals surface area contributed by atoms with Crippen LogP contribution in [-0.2, 0) is 13.0 Å². The molecular weight excluding hydrogens is 256 g/mol. The maximum absolute atomic E-state index is 5.62. The van der Waals surface area contributed by atoms with E-state index in [4.69, 9.17) is 5.73 Å². The van der Waals surface area contributed by atoms with Crippen LogP contribution in [0.3, 0.4) is 0 Å². The van der Waals surface area contributed by atoms with Crippen molar-refractivity contribution in [3.63, 3.8) is 0 Å². The highest BCUT2D eigenvalue weighted by Crippen LogP contribution is 2.32. The number of anilines is 1. The van der Waals surface area contributed by atoms with Crippen molar-refractivity contribution in [2.45, 2.75) is 32.4 Å². The molecule has 0 saturated heterocycles. The lowest BCUT2D eigenvalue weighted by Crippen LogP contribution is -2.34. The highest BCUT2D eigenvalue weighted by Gasteiger charge is 2.23. The van der Waals surface area contributed by atoms with Gasteiger partial charge in [-0.3, -0.25) is 9.58 Å². The lowest BCUT2D eigenvalue weighted by Gasteiger charge is -2.33. The van der Waals surface area contributed by atoms with Crippen LogP contribution in [0.2, 0.25) is 0 Å². The summed E-state index contributed by atoms with van der Waals surface area (Å²) in [5, 5.41) is 6.44. The Bertz CT molecular complexity index is 545. The van der Waals surface area contributed by atoms with Crippen molar-refractivity contribution in [1.82, 2.24) is 14.7 Å². The SMILES string of the molecule is CC1c2ccsc2CCN1CCCn1ccc(N)n1. The van der Waals surface area contributed by atoms with E-state index in [0.29, 0.717) is 11.9 Å². The van der Waals surface area contributed by atoms with Gasteiger partial charge >= 0.3 is 0 Å². The lowest BCUT2D eigenvalue weighted by atomic mass is 10.0. The average Bonchev–Trinajstić information content (AvgIpc) is 3.01. The van der Waals surface area contributed by atoms with E-state index < -0.39 is 0 Å². The van der Waals surface area contributed by atoms with E-state index in [9.17, 15) is 0 Å². The number of thiophene rings is 1. The molecule has 102 valence electrons. The first-order chi connectivity index (χ1) is 9.24. The Morgan fingerprint density at radius 1 is 1.42 bits per heavy atom. The van der Waals surface area contributed by atoms with Gasteiger partial charge in [0.25, 0.3) is 0 Å². The van der Waals surface area contributed by atoms with E-state index in [-0.39, 0.29) is 0 Å². The van der Waals surface area contributed by atoms with Gasteiger partial charge in [-0.05, 0) is 42.8 Å². The summed E-state index contributed by atoms with van der Waals surface area (Å²) in [7, 11) is 0.